The number of hydrogen-bond donors (Lipinski definition) is 4. The average molecular weight is 312 g/mol. The Balaban J connectivity index is 0.00000116. The van der Waals surface area contributed by atoms with Gasteiger partial charge < -0.3 is 22.1 Å². The molecule has 2 aliphatic rings. The minimum absolute atomic E-state index is 0.0705. The fourth-order valence-electron chi connectivity index (χ4n) is 2.87. The second-order valence-electron chi connectivity index (χ2n) is 5.86. The van der Waals surface area contributed by atoms with Crippen LogP contribution >= 0.6 is 0 Å². The standard InChI is InChI=1S/C13H22N4O3.C2H6/c14-9(1-2-10(15)18)11(19)17-8-3-5-13(6-4-8)7-16-12(13)20;1-2/h8-9H,1-7,14H2,(H2,15,18)(H,16,20)(H,17,19);1-2H3. The van der Waals surface area contributed by atoms with Gasteiger partial charge in [-0.05, 0) is 32.1 Å². The van der Waals surface area contributed by atoms with Gasteiger partial charge in [-0.15, -0.1) is 0 Å². The van der Waals surface area contributed by atoms with E-state index in [2.05, 4.69) is 10.6 Å². The maximum absolute atomic E-state index is 11.9. The van der Waals surface area contributed by atoms with E-state index in [9.17, 15) is 14.4 Å². The summed E-state index contributed by atoms with van der Waals surface area (Å²) in [6, 6.07) is -0.633. The molecular formula is C15H28N4O3. The summed E-state index contributed by atoms with van der Waals surface area (Å²) in [7, 11) is 0. The summed E-state index contributed by atoms with van der Waals surface area (Å²) < 4.78 is 0. The van der Waals surface area contributed by atoms with Gasteiger partial charge in [-0.25, -0.2) is 0 Å². The summed E-state index contributed by atoms with van der Waals surface area (Å²) in [4.78, 5) is 34.1. The van der Waals surface area contributed by atoms with Gasteiger partial charge in [-0.1, -0.05) is 13.8 Å². The molecule has 1 heterocycles. The highest BCUT2D eigenvalue weighted by Gasteiger charge is 2.48. The van der Waals surface area contributed by atoms with Crippen LogP contribution < -0.4 is 22.1 Å². The quantitative estimate of drug-likeness (QED) is 0.523. The van der Waals surface area contributed by atoms with E-state index in [0.717, 1.165) is 32.2 Å². The van der Waals surface area contributed by atoms with Gasteiger partial charge >= 0.3 is 0 Å². The monoisotopic (exact) mass is 312 g/mol. The van der Waals surface area contributed by atoms with Crippen LogP contribution in [-0.2, 0) is 14.4 Å². The molecule has 0 aromatic rings. The lowest BCUT2D eigenvalue weighted by atomic mass is 9.68. The molecule has 0 bridgehead atoms. The van der Waals surface area contributed by atoms with Crippen molar-refractivity contribution >= 4 is 17.7 Å². The molecule has 2 rings (SSSR count). The molecule has 3 amide bonds. The number of carbonyl (C=O) groups is 3. The van der Waals surface area contributed by atoms with Crippen LogP contribution in [-0.4, -0.2) is 36.3 Å². The van der Waals surface area contributed by atoms with Crippen LogP contribution in [0.25, 0.3) is 0 Å². The van der Waals surface area contributed by atoms with Crippen molar-refractivity contribution in [1.29, 1.82) is 0 Å². The van der Waals surface area contributed by atoms with Crippen molar-refractivity contribution in [2.75, 3.05) is 6.54 Å². The molecule has 0 aromatic carbocycles. The van der Waals surface area contributed by atoms with Crippen molar-refractivity contribution in [3.63, 3.8) is 0 Å². The summed E-state index contributed by atoms with van der Waals surface area (Å²) in [5.74, 6) is -0.561. The number of β-lactam (4-membered cyclic amide) rings is 1. The van der Waals surface area contributed by atoms with Gasteiger partial charge in [0.05, 0.1) is 11.5 Å². The zero-order valence-corrected chi connectivity index (χ0v) is 13.5. The Kier molecular flexibility index (Phi) is 6.80. The molecule has 1 spiro atoms. The van der Waals surface area contributed by atoms with E-state index < -0.39 is 11.9 Å². The van der Waals surface area contributed by atoms with E-state index in [1.807, 2.05) is 13.8 Å². The van der Waals surface area contributed by atoms with Gasteiger partial charge in [0.15, 0.2) is 0 Å². The minimum Gasteiger partial charge on any atom is -0.370 e. The smallest absolute Gasteiger partial charge is 0.237 e. The van der Waals surface area contributed by atoms with Crippen molar-refractivity contribution in [3.8, 4) is 0 Å². The molecule has 7 heteroatoms. The summed E-state index contributed by atoms with van der Waals surface area (Å²) in [5.41, 5.74) is 10.6. The van der Waals surface area contributed by atoms with Crippen molar-refractivity contribution in [2.24, 2.45) is 16.9 Å². The summed E-state index contributed by atoms with van der Waals surface area (Å²) in [6.07, 6.45) is 3.58. The molecule has 1 aliphatic carbocycles. The molecule has 1 saturated heterocycles. The van der Waals surface area contributed by atoms with Crippen molar-refractivity contribution < 1.29 is 14.4 Å². The van der Waals surface area contributed by atoms with E-state index >= 15 is 0 Å². The highest BCUT2D eigenvalue weighted by molar-refractivity contribution is 5.88. The first kappa shape index (κ1) is 18.4. The van der Waals surface area contributed by atoms with Gasteiger partial charge in [0.2, 0.25) is 17.7 Å². The predicted molar refractivity (Wildman–Crippen MR) is 83.6 cm³/mol. The molecule has 6 N–H and O–H groups in total. The predicted octanol–water partition coefficient (Wildman–Crippen LogP) is -0.220. The maximum Gasteiger partial charge on any atom is 0.237 e. The fraction of sp³-hybridized carbons (Fsp3) is 0.800. The van der Waals surface area contributed by atoms with E-state index in [4.69, 9.17) is 11.5 Å². The first-order valence-electron chi connectivity index (χ1n) is 8.05. The number of nitrogens with one attached hydrogen (secondary N) is 2. The second kappa shape index (κ2) is 8.12. The van der Waals surface area contributed by atoms with Crippen LogP contribution in [0.2, 0.25) is 0 Å². The van der Waals surface area contributed by atoms with Crippen LogP contribution in [0.5, 0.6) is 0 Å². The van der Waals surface area contributed by atoms with Crippen LogP contribution in [0.3, 0.4) is 0 Å². The van der Waals surface area contributed by atoms with Crippen molar-refractivity contribution in [1.82, 2.24) is 10.6 Å². The van der Waals surface area contributed by atoms with Gasteiger partial charge in [0.25, 0.3) is 0 Å². The van der Waals surface area contributed by atoms with E-state index in [1.54, 1.807) is 0 Å². The lowest BCUT2D eigenvalue weighted by Crippen LogP contribution is -2.61. The molecular weight excluding hydrogens is 284 g/mol. The number of rotatable bonds is 5. The molecule has 0 aromatic heterocycles. The summed E-state index contributed by atoms with van der Waals surface area (Å²) in [5, 5.41) is 5.68. The number of amides is 3. The van der Waals surface area contributed by atoms with Crippen LogP contribution in [0, 0.1) is 5.41 Å². The average Bonchev–Trinajstić information content (AvgIpc) is 2.53. The number of nitrogens with two attached hydrogens (primary N) is 2. The van der Waals surface area contributed by atoms with E-state index in [0.29, 0.717) is 0 Å². The highest BCUT2D eigenvalue weighted by Crippen LogP contribution is 2.40. The summed E-state index contributed by atoms with van der Waals surface area (Å²) in [6.45, 7) is 4.75. The van der Waals surface area contributed by atoms with Gasteiger partial charge in [-0.3, -0.25) is 14.4 Å². The molecule has 2 fully saturated rings. The first-order valence-corrected chi connectivity index (χ1v) is 8.05. The van der Waals surface area contributed by atoms with Gasteiger partial charge in [-0.2, -0.15) is 0 Å². The molecule has 126 valence electrons. The largest absolute Gasteiger partial charge is 0.370 e. The third-order valence-electron chi connectivity index (χ3n) is 4.40. The number of carbonyl (C=O) groups excluding carboxylic acids is 3. The Morgan fingerprint density at radius 3 is 2.36 bits per heavy atom. The lowest BCUT2D eigenvalue weighted by molar-refractivity contribution is -0.143. The molecule has 1 atom stereocenters. The van der Waals surface area contributed by atoms with Crippen molar-refractivity contribution in [2.45, 2.75) is 64.5 Å². The number of primary amides is 1. The lowest BCUT2D eigenvalue weighted by Gasteiger charge is -2.45. The Bertz CT molecular complexity index is 417. The van der Waals surface area contributed by atoms with Crippen molar-refractivity contribution in [3.05, 3.63) is 0 Å². The highest BCUT2D eigenvalue weighted by atomic mass is 16.2. The third kappa shape index (κ3) is 4.43. The van der Waals surface area contributed by atoms with E-state index in [1.165, 1.54) is 0 Å². The normalized spacial score (nSPS) is 27.8. The minimum atomic E-state index is -0.703. The molecule has 0 radical (unpaired) electrons. The second-order valence-corrected chi connectivity index (χ2v) is 5.86. The maximum atomic E-state index is 11.9. The molecule has 1 unspecified atom stereocenters. The molecule has 1 aliphatic heterocycles. The van der Waals surface area contributed by atoms with Crippen LogP contribution in [0.4, 0.5) is 0 Å². The van der Waals surface area contributed by atoms with Gasteiger partial charge in [0, 0.05) is 19.0 Å². The van der Waals surface area contributed by atoms with Gasteiger partial charge in [0.1, 0.15) is 0 Å². The third-order valence-corrected chi connectivity index (χ3v) is 4.40. The Labute approximate surface area is 131 Å². The van der Waals surface area contributed by atoms with Crippen LogP contribution in [0.15, 0.2) is 0 Å². The molecule has 1 saturated carbocycles. The summed E-state index contributed by atoms with van der Waals surface area (Å²) >= 11 is 0. The SMILES string of the molecule is CC.NC(=O)CCC(N)C(=O)NC1CCC2(CC1)CNC2=O. The first-order chi connectivity index (χ1) is 10.4. The zero-order chi connectivity index (χ0) is 16.8. The zero-order valence-electron chi connectivity index (χ0n) is 13.5. The Morgan fingerprint density at radius 2 is 1.95 bits per heavy atom. The Morgan fingerprint density at radius 1 is 1.36 bits per heavy atom. The van der Waals surface area contributed by atoms with E-state index in [-0.39, 0.29) is 36.1 Å². The Hall–Kier alpha value is -1.63. The molecule has 7 nitrogen and oxygen atoms in total. The topological polar surface area (TPSA) is 127 Å². The fourth-order valence-corrected chi connectivity index (χ4v) is 2.87. The molecule has 22 heavy (non-hydrogen) atoms. The number of hydrogen-bond acceptors (Lipinski definition) is 4. The van der Waals surface area contributed by atoms with Crippen LogP contribution in [0.1, 0.15) is 52.4 Å².